The third-order valence-electron chi connectivity index (χ3n) is 6.30. The summed E-state index contributed by atoms with van der Waals surface area (Å²) in [7, 11) is 3.06. The second-order valence-electron chi connectivity index (χ2n) is 8.60. The number of benzene rings is 3. The summed E-state index contributed by atoms with van der Waals surface area (Å²) in [5, 5.41) is 2.17. The third-order valence-corrected chi connectivity index (χ3v) is 6.30. The van der Waals surface area contributed by atoms with Gasteiger partial charge in [0.1, 0.15) is 18.1 Å². The van der Waals surface area contributed by atoms with Crippen molar-refractivity contribution in [2.45, 2.75) is 32.9 Å². The van der Waals surface area contributed by atoms with Gasteiger partial charge in [-0.05, 0) is 84.3 Å². The van der Waals surface area contributed by atoms with E-state index in [0.717, 1.165) is 45.6 Å². The molecule has 0 aliphatic rings. The molecule has 0 fully saturated rings. The minimum Gasteiger partial charge on any atom is -0.497 e. The van der Waals surface area contributed by atoms with Crippen LogP contribution in [0.1, 0.15) is 18.2 Å². The quantitative estimate of drug-likeness (QED) is 0.249. The fraction of sp³-hybridized carbons (Fsp3) is 0.300. The smallest absolute Gasteiger partial charge is 0.335 e. The zero-order chi connectivity index (χ0) is 25.5. The molecular weight excluding hydrogens is 454 g/mol. The van der Waals surface area contributed by atoms with Crippen molar-refractivity contribution in [1.82, 2.24) is 4.57 Å². The van der Waals surface area contributed by atoms with Crippen LogP contribution in [-0.2, 0) is 27.2 Å². The molecule has 0 radical (unpaired) electrons. The van der Waals surface area contributed by atoms with Crippen molar-refractivity contribution in [1.29, 1.82) is 0 Å². The van der Waals surface area contributed by atoms with Gasteiger partial charge in [-0.3, -0.25) is 0 Å². The third kappa shape index (κ3) is 5.89. The summed E-state index contributed by atoms with van der Waals surface area (Å²) in [6.45, 7) is 5.73. The highest BCUT2D eigenvalue weighted by atomic mass is 16.6. The largest absolute Gasteiger partial charge is 0.497 e. The van der Waals surface area contributed by atoms with Crippen LogP contribution in [0, 0.1) is 6.92 Å². The predicted molar refractivity (Wildman–Crippen MR) is 142 cm³/mol. The van der Waals surface area contributed by atoms with E-state index in [4.69, 9.17) is 18.9 Å². The van der Waals surface area contributed by atoms with Gasteiger partial charge in [-0.1, -0.05) is 24.3 Å². The number of fused-ring (bicyclic) bond motifs is 1. The van der Waals surface area contributed by atoms with Crippen LogP contribution in [-0.4, -0.2) is 44.1 Å². The monoisotopic (exact) mass is 487 g/mol. The molecule has 0 aliphatic carbocycles. The molecule has 3 aromatic carbocycles. The Bertz CT molecular complexity index is 1310. The van der Waals surface area contributed by atoms with Crippen LogP contribution < -0.4 is 9.47 Å². The topological polar surface area (TPSA) is 58.9 Å². The van der Waals surface area contributed by atoms with Gasteiger partial charge in [-0.2, -0.15) is 0 Å². The Morgan fingerprint density at radius 1 is 0.889 bits per heavy atom. The summed E-state index contributed by atoms with van der Waals surface area (Å²) < 4.78 is 24.1. The number of hydrogen-bond acceptors (Lipinski definition) is 5. The molecule has 4 aromatic rings. The first kappa shape index (κ1) is 25.3. The van der Waals surface area contributed by atoms with Gasteiger partial charge in [0.05, 0.1) is 20.8 Å². The van der Waals surface area contributed by atoms with Crippen LogP contribution in [0.4, 0.5) is 0 Å². The van der Waals surface area contributed by atoms with Gasteiger partial charge in [-0.15, -0.1) is 0 Å². The van der Waals surface area contributed by atoms with E-state index in [9.17, 15) is 4.79 Å². The Morgan fingerprint density at radius 3 is 2.33 bits per heavy atom. The van der Waals surface area contributed by atoms with Crippen LogP contribution in [0.15, 0.2) is 72.8 Å². The van der Waals surface area contributed by atoms with E-state index in [1.54, 1.807) is 7.11 Å². The number of rotatable bonds is 11. The maximum absolute atomic E-state index is 12.0. The maximum atomic E-state index is 12.0. The number of carbonyl (C=O) groups is 1. The summed E-state index contributed by atoms with van der Waals surface area (Å²) in [5.74, 6) is 1.32. The molecule has 36 heavy (non-hydrogen) atoms. The van der Waals surface area contributed by atoms with Crippen LogP contribution in [0.3, 0.4) is 0 Å². The minimum atomic E-state index is -0.597. The highest BCUT2D eigenvalue weighted by molar-refractivity contribution is 5.85. The lowest BCUT2D eigenvalue weighted by molar-refractivity contribution is -0.153. The number of methoxy groups -OCH3 is 2. The Morgan fingerprint density at radius 2 is 1.61 bits per heavy atom. The summed E-state index contributed by atoms with van der Waals surface area (Å²) >= 11 is 0. The second-order valence-corrected chi connectivity index (χ2v) is 8.60. The van der Waals surface area contributed by atoms with Crippen molar-refractivity contribution in [3.05, 3.63) is 84.1 Å². The van der Waals surface area contributed by atoms with Gasteiger partial charge < -0.3 is 23.5 Å². The molecule has 1 atom stereocenters. The molecule has 0 N–H and O–H groups in total. The summed E-state index contributed by atoms with van der Waals surface area (Å²) in [4.78, 5) is 12.0. The second kappa shape index (κ2) is 11.8. The van der Waals surface area contributed by atoms with Crippen LogP contribution in [0.25, 0.3) is 22.0 Å². The number of nitrogens with zero attached hydrogens (tertiary/aromatic N) is 1. The summed E-state index contributed by atoms with van der Waals surface area (Å²) in [5.41, 5.74) is 4.51. The van der Waals surface area contributed by atoms with E-state index in [-0.39, 0.29) is 5.97 Å². The summed E-state index contributed by atoms with van der Waals surface area (Å²) in [6.07, 6.45) is -0.124. The lowest BCUT2D eigenvalue weighted by Crippen LogP contribution is -2.28. The lowest BCUT2D eigenvalue weighted by Gasteiger charge is -2.15. The van der Waals surface area contributed by atoms with Crippen LogP contribution in [0.2, 0.25) is 0 Å². The first-order valence-corrected chi connectivity index (χ1v) is 12.2. The van der Waals surface area contributed by atoms with E-state index in [0.29, 0.717) is 19.6 Å². The minimum absolute atomic E-state index is 0.353. The van der Waals surface area contributed by atoms with Crippen molar-refractivity contribution in [3.8, 4) is 22.8 Å². The van der Waals surface area contributed by atoms with E-state index in [2.05, 4.69) is 47.9 Å². The average Bonchev–Trinajstić information content (AvgIpc) is 3.28. The fourth-order valence-corrected chi connectivity index (χ4v) is 4.38. The van der Waals surface area contributed by atoms with Gasteiger partial charge in [0.2, 0.25) is 0 Å². The number of ether oxygens (including phenoxy) is 4. The zero-order valence-corrected chi connectivity index (χ0v) is 21.3. The van der Waals surface area contributed by atoms with E-state index < -0.39 is 6.10 Å². The van der Waals surface area contributed by atoms with Crippen molar-refractivity contribution in [3.63, 3.8) is 0 Å². The Labute approximate surface area is 212 Å². The molecule has 6 heteroatoms. The maximum Gasteiger partial charge on any atom is 0.335 e. The lowest BCUT2D eigenvalue weighted by atomic mass is 10.0. The zero-order valence-electron chi connectivity index (χ0n) is 21.3. The molecule has 4 rings (SSSR count). The molecule has 0 spiro atoms. The molecule has 0 bridgehead atoms. The molecule has 0 saturated carbocycles. The molecule has 1 aromatic heterocycles. The Balaban J connectivity index is 1.41. The van der Waals surface area contributed by atoms with Gasteiger partial charge in [0.15, 0.2) is 6.10 Å². The number of hydrogen-bond donors (Lipinski definition) is 0. The van der Waals surface area contributed by atoms with Gasteiger partial charge in [0.25, 0.3) is 0 Å². The van der Waals surface area contributed by atoms with Crippen LogP contribution >= 0.6 is 0 Å². The van der Waals surface area contributed by atoms with Gasteiger partial charge in [-0.25, -0.2) is 4.79 Å². The SMILES string of the molecule is CCOC(Cc1ccc2cc(OCCn3c(C)ccc3-c3ccc(OC)cc3)ccc2c1)C(=O)OC. The average molecular weight is 488 g/mol. The van der Waals surface area contributed by atoms with Crippen molar-refractivity contribution < 1.29 is 23.7 Å². The molecule has 6 nitrogen and oxygen atoms in total. The fourth-order valence-electron chi connectivity index (χ4n) is 4.38. The predicted octanol–water partition coefficient (Wildman–Crippen LogP) is 5.82. The highest BCUT2D eigenvalue weighted by Crippen LogP contribution is 2.26. The molecule has 188 valence electrons. The normalized spacial score (nSPS) is 11.9. The highest BCUT2D eigenvalue weighted by Gasteiger charge is 2.20. The molecule has 0 saturated heterocycles. The first-order chi connectivity index (χ1) is 17.5. The number of carbonyl (C=O) groups excluding carboxylic acids is 1. The van der Waals surface area contributed by atoms with E-state index >= 15 is 0 Å². The molecule has 0 aliphatic heterocycles. The van der Waals surface area contributed by atoms with Crippen molar-refractivity contribution in [2.24, 2.45) is 0 Å². The molecular formula is C30H33NO5. The van der Waals surface area contributed by atoms with Gasteiger partial charge in [0, 0.05) is 24.4 Å². The van der Waals surface area contributed by atoms with Crippen molar-refractivity contribution in [2.75, 3.05) is 27.4 Å². The summed E-state index contributed by atoms with van der Waals surface area (Å²) in [6, 6.07) is 24.6. The van der Waals surface area contributed by atoms with E-state index in [1.165, 1.54) is 12.8 Å². The standard InChI is InChI=1S/C30H33NO5/c1-5-35-29(30(32)34-4)19-22-7-8-25-20-27(14-11-24(25)18-22)36-17-16-31-21(2)6-15-28(31)23-9-12-26(33-3)13-10-23/h6-15,18,20,29H,5,16-17,19H2,1-4H3. The number of aromatic nitrogens is 1. The molecule has 1 unspecified atom stereocenters. The molecule has 0 amide bonds. The van der Waals surface area contributed by atoms with Crippen LogP contribution in [0.5, 0.6) is 11.5 Å². The Kier molecular flexibility index (Phi) is 8.28. The Hall–Kier alpha value is -3.77. The van der Waals surface area contributed by atoms with Crippen molar-refractivity contribution >= 4 is 16.7 Å². The van der Waals surface area contributed by atoms with Gasteiger partial charge >= 0.3 is 5.97 Å². The first-order valence-electron chi connectivity index (χ1n) is 12.2. The molecule has 1 heterocycles. The number of aryl methyl sites for hydroxylation is 1. The van der Waals surface area contributed by atoms with E-state index in [1.807, 2.05) is 43.3 Å². The number of esters is 1.